The molecule has 3 nitrogen and oxygen atoms in total. The fourth-order valence-electron chi connectivity index (χ4n) is 2.15. The normalized spacial score (nSPS) is 17.1. The van der Waals surface area contributed by atoms with Crippen LogP contribution in [0.1, 0.15) is 11.1 Å². The number of benzene rings is 1. The summed E-state index contributed by atoms with van der Waals surface area (Å²) in [5.41, 5.74) is 7.78. The van der Waals surface area contributed by atoms with E-state index >= 15 is 0 Å². The molecular formula is C12H15NO2S. The highest BCUT2D eigenvalue weighted by molar-refractivity contribution is 8.01. The summed E-state index contributed by atoms with van der Waals surface area (Å²) in [4.78, 5) is 11.4. The lowest BCUT2D eigenvalue weighted by molar-refractivity contribution is -0.139. The molecule has 0 unspecified atom stereocenters. The summed E-state index contributed by atoms with van der Waals surface area (Å²) in [7, 11) is 0. The molecule has 4 heteroatoms. The summed E-state index contributed by atoms with van der Waals surface area (Å²) in [5, 5.41) is 9.40. The van der Waals surface area contributed by atoms with E-state index in [-0.39, 0.29) is 0 Å². The molecule has 1 aliphatic carbocycles. The van der Waals surface area contributed by atoms with Crippen molar-refractivity contribution in [1.29, 1.82) is 0 Å². The van der Waals surface area contributed by atoms with Gasteiger partial charge in [-0.25, -0.2) is 0 Å². The van der Waals surface area contributed by atoms with E-state index in [2.05, 4.69) is 0 Å². The minimum Gasteiger partial charge on any atom is -0.480 e. The van der Waals surface area contributed by atoms with Gasteiger partial charge in [-0.1, -0.05) is 24.3 Å². The standard InChI is InChI=1S/C12H15NO2S/c13-5-6-16-12(11(14)15)7-9-3-1-2-4-10(9)8-12/h1-4H,5-8,13H2,(H,14,15). The Hall–Kier alpha value is -1.00. The highest BCUT2D eigenvalue weighted by Crippen LogP contribution is 2.40. The topological polar surface area (TPSA) is 63.3 Å². The van der Waals surface area contributed by atoms with E-state index in [1.54, 1.807) is 0 Å². The minimum atomic E-state index is -0.720. The molecule has 1 aromatic rings. The highest BCUT2D eigenvalue weighted by atomic mass is 32.2. The maximum absolute atomic E-state index is 11.4. The third-order valence-electron chi connectivity index (χ3n) is 2.96. The molecule has 0 radical (unpaired) electrons. The van der Waals surface area contributed by atoms with Gasteiger partial charge in [0.2, 0.25) is 0 Å². The molecule has 0 bridgehead atoms. The summed E-state index contributed by atoms with van der Waals surface area (Å²) >= 11 is 1.47. The first-order chi connectivity index (χ1) is 7.68. The zero-order chi connectivity index (χ0) is 11.6. The molecule has 3 N–H and O–H groups in total. The van der Waals surface area contributed by atoms with Crippen LogP contribution in [0, 0.1) is 0 Å². The van der Waals surface area contributed by atoms with E-state index in [0.29, 0.717) is 25.1 Å². The van der Waals surface area contributed by atoms with Crippen molar-refractivity contribution in [3.63, 3.8) is 0 Å². The SMILES string of the molecule is NCCSC1(C(=O)O)Cc2ccccc2C1. The molecule has 0 heterocycles. The van der Waals surface area contributed by atoms with Gasteiger partial charge in [-0.2, -0.15) is 0 Å². The number of hydrogen-bond donors (Lipinski definition) is 2. The minimum absolute atomic E-state index is 0.524. The Bertz CT molecular complexity index is 381. The summed E-state index contributed by atoms with van der Waals surface area (Å²) < 4.78 is -0.691. The lowest BCUT2D eigenvalue weighted by Crippen LogP contribution is -2.37. The number of fused-ring (bicyclic) bond motifs is 1. The van der Waals surface area contributed by atoms with Crippen molar-refractivity contribution in [2.24, 2.45) is 5.73 Å². The van der Waals surface area contributed by atoms with Crippen LogP contribution in [-0.2, 0) is 17.6 Å². The number of carboxylic acid groups (broad SMARTS) is 1. The number of hydrogen-bond acceptors (Lipinski definition) is 3. The van der Waals surface area contributed by atoms with Crippen LogP contribution in [0.25, 0.3) is 0 Å². The molecule has 86 valence electrons. The van der Waals surface area contributed by atoms with E-state index < -0.39 is 10.7 Å². The van der Waals surface area contributed by atoms with Crippen molar-refractivity contribution in [3.8, 4) is 0 Å². The highest BCUT2D eigenvalue weighted by Gasteiger charge is 2.44. The van der Waals surface area contributed by atoms with Crippen LogP contribution in [0.5, 0.6) is 0 Å². The van der Waals surface area contributed by atoms with E-state index in [0.717, 1.165) is 11.1 Å². The van der Waals surface area contributed by atoms with Crippen molar-refractivity contribution in [2.75, 3.05) is 12.3 Å². The van der Waals surface area contributed by atoms with Crippen LogP contribution in [0.2, 0.25) is 0 Å². The second-order valence-electron chi connectivity index (χ2n) is 4.06. The quantitative estimate of drug-likeness (QED) is 0.828. The van der Waals surface area contributed by atoms with Gasteiger partial charge in [-0.15, -0.1) is 11.8 Å². The van der Waals surface area contributed by atoms with E-state index in [1.165, 1.54) is 11.8 Å². The number of carbonyl (C=O) groups is 1. The number of carboxylic acids is 1. The third kappa shape index (κ3) is 1.95. The second kappa shape index (κ2) is 4.47. The molecule has 0 atom stereocenters. The fraction of sp³-hybridized carbons (Fsp3) is 0.417. The molecule has 0 spiro atoms. The van der Waals surface area contributed by atoms with Gasteiger partial charge in [0.15, 0.2) is 0 Å². The Morgan fingerprint density at radius 1 is 1.38 bits per heavy atom. The smallest absolute Gasteiger partial charge is 0.320 e. The Morgan fingerprint density at radius 3 is 2.38 bits per heavy atom. The van der Waals surface area contributed by atoms with E-state index in [4.69, 9.17) is 5.73 Å². The Labute approximate surface area is 99.0 Å². The van der Waals surface area contributed by atoms with Crippen molar-refractivity contribution >= 4 is 17.7 Å². The predicted octanol–water partition coefficient (Wildman–Crippen LogP) is 1.30. The first kappa shape index (κ1) is 11.5. The summed E-state index contributed by atoms with van der Waals surface area (Å²) in [5.74, 6) is -0.0255. The van der Waals surface area contributed by atoms with Gasteiger partial charge in [0.25, 0.3) is 0 Å². The first-order valence-corrected chi connectivity index (χ1v) is 6.31. The Morgan fingerprint density at radius 2 is 1.94 bits per heavy atom. The molecule has 1 aliphatic rings. The largest absolute Gasteiger partial charge is 0.480 e. The van der Waals surface area contributed by atoms with Crippen LogP contribution in [0.3, 0.4) is 0 Å². The zero-order valence-electron chi connectivity index (χ0n) is 8.98. The van der Waals surface area contributed by atoms with Crippen LogP contribution in [0.4, 0.5) is 0 Å². The lowest BCUT2D eigenvalue weighted by Gasteiger charge is -2.22. The van der Waals surface area contributed by atoms with Gasteiger partial charge in [-0.05, 0) is 24.0 Å². The molecule has 0 saturated carbocycles. The molecule has 0 aliphatic heterocycles. The van der Waals surface area contributed by atoms with Crippen LogP contribution in [-0.4, -0.2) is 28.1 Å². The fourth-order valence-corrected chi connectivity index (χ4v) is 3.30. The monoisotopic (exact) mass is 237 g/mol. The summed E-state index contributed by atoms with van der Waals surface area (Å²) in [6.07, 6.45) is 1.23. The number of aliphatic carboxylic acids is 1. The van der Waals surface area contributed by atoms with Crippen LogP contribution >= 0.6 is 11.8 Å². The number of thioether (sulfide) groups is 1. The van der Waals surface area contributed by atoms with E-state index in [9.17, 15) is 9.90 Å². The molecule has 0 fully saturated rings. The summed E-state index contributed by atoms with van der Waals surface area (Å²) in [6, 6.07) is 7.96. The van der Waals surface area contributed by atoms with Gasteiger partial charge in [-0.3, -0.25) is 4.79 Å². The van der Waals surface area contributed by atoms with Gasteiger partial charge in [0.1, 0.15) is 4.75 Å². The Kier molecular flexibility index (Phi) is 3.21. The average Bonchev–Trinajstić information content (AvgIpc) is 2.66. The van der Waals surface area contributed by atoms with Crippen molar-refractivity contribution in [1.82, 2.24) is 0 Å². The maximum atomic E-state index is 11.4. The van der Waals surface area contributed by atoms with Gasteiger partial charge < -0.3 is 10.8 Å². The summed E-state index contributed by atoms with van der Waals surface area (Å²) in [6.45, 7) is 0.524. The molecule has 2 rings (SSSR count). The molecule has 0 amide bonds. The van der Waals surface area contributed by atoms with Crippen LogP contribution < -0.4 is 5.73 Å². The lowest BCUT2D eigenvalue weighted by atomic mass is 10.1. The van der Waals surface area contributed by atoms with Gasteiger partial charge >= 0.3 is 5.97 Å². The third-order valence-corrected chi connectivity index (χ3v) is 4.41. The predicted molar refractivity (Wildman–Crippen MR) is 65.7 cm³/mol. The number of nitrogens with two attached hydrogens (primary N) is 1. The molecular weight excluding hydrogens is 222 g/mol. The van der Waals surface area contributed by atoms with Gasteiger partial charge in [0, 0.05) is 12.3 Å². The average molecular weight is 237 g/mol. The van der Waals surface area contributed by atoms with Crippen molar-refractivity contribution < 1.29 is 9.90 Å². The second-order valence-corrected chi connectivity index (χ2v) is 5.54. The maximum Gasteiger partial charge on any atom is 0.320 e. The van der Waals surface area contributed by atoms with Crippen LogP contribution in [0.15, 0.2) is 24.3 Å². The van der Waals surface area contributed by atoms with Gasteiger partial charge in [0.05, 0.1) is 0 Å². The molecule has 0 aromatic heterocycles. The van der Waals surface area contributed by atoms with E-state index in [1.807, 2.05) is 24.3 Å². The first-order valence-electron chi connectivity index (χ1n) is 5.32. The molecule has 0 saturated heterocycles. The Balaban J connectivity index is 2.24. The molecule has 1 aromatic carbocycles. The zero-order valence-corrected chi connectivity index (χ0v) is 9.80. The van der Waals surface area contributed by atoms with Crippen molar-refractivity contribution in [2.45, 2.75) is 17.6 Å². The number of rotatable bonds is 4. The molecule has 16 heavy (non-hydrogen) atoms. The van der Waals surface area contributed by atoms with Crippen molar-refractivity contribution in [3.05, 3.63) is 35.4 Å².